The molecule has 0 aromatic heterocycles. The molecule has 1 heterocycles. The van der Waals surface area contributed by atoms with Crippen LogP contribution in [0.2, 0.25) is 0 Å². The number of hydrogen-bond donors (Lipinski definition) is 2. The van der Waals surface area contributed by atoms with E-state index in [4.69, 9.17) is 0 Å². The first kappa shape index (κ1) is 12.8. The predicted molar refractivity (Wildman–Crippen MR) is 69.2 cm³/mol. The fraction of sp³-hybridized carbons (Fsp3) is 0.333. The summed E-state index contributed by atoms with van der Waals surface area (Å²) >= 11 is 4.26. The Balaban J connectivity index is 2.44. The average molecular weight is 267 g/mol. The number of phenolic OH excluding ortho intramolecular Hbond substituents is 1. The average Bonchev–Trinajstić information content (AvgIpc) is 2.67. The quantitative estimate of drug-likeness (QED) is 0.624. The summed E-state index contributed by atoms with van der Waals surface area (Å²) in [5.74, 6) is -0.727. The van der Waals surface area contributed by atoms with Gasteiger partial charge in [0.2, 0.25) is 5.91 Å². The molecule has 1 aliphatic heterocycles. The van der Waals surface area contributed by atoms with Gasteiger partial charge in [-0.1, -0.05) is 0 Å². The lowest BCUT2D eigenvalue weighted by Gasteiger charge is -2.19. The Hall–Kier alpha value is -1.69. The van der Waals surface area contributed by atoms with Crippen molar-refractivity contribution in [3.63, 3.8) is 0 Å². The Kier molecular flexibility index (Phi) is 3.47. The fourth-order valence-electron chi connectivity index (χ4n) is 1.95. The van der Waals surface area contributed by atoms with Gasteiger partial charge in [-0.05, 0) is 18.2 Å². The molecule has 6 heteroatoms. The van der Waals surface area contributed by atoms with E-state index >= 15 is 0 Å². The van der Waals surface area contributed by atoms with E-state index in [2.05, 4.69) is 17.4 Å². The summed E-state index contributed by atoms with van der Waals surface area (Å²) in [6.45, 7) is 0.441. The molecule has 96 valence electrons. The molecular formula is C12H13NO4S. The van der Waals surface area contributed by atoms with Crippen molar-refractivity contribution in [3.8, 4) is 5.75 Å². The summed E-state index contributed by atoms with van der Waals surface area (Å²) in [5.41, 5.74) is 0.620. The number of phenols is 1. The summed E-state index contributed by atoms with van der Waals surface area (Å²) in [7, 11) is 1.25. The molecule has 1 fully saturated rings. The first-order chi connectivity index (χ1) is 8.52. The Morgan fingerprint density at radius 2 is 2.28 bits per heavy atom. The van der Waals surface area contributed by atoms with Crippen molar-refractivity contribution in [3.05, 3.63) is 23.8 Å². The molecule has 1 N–H and O–H groups in total. The molecule has 1 aliphatic rings. The third-order valence-electron chi connectivity index (χ3n) is 2.78. The van der Waals surface area contributed by atoms with Crippen LogP contribution >= 0.6 is 12.6 Å². The number of amides is 1. The van der Waals surface area contributed by atoms with Gasteiger partial charge in [0.15, 0.2) is 0 Å². The van der Waals surface area contributed by atoms with Crippen LogP contribution in [0.25, 0.3) is 0 Å². The van der Waals surface area contributed by atoms with Crippen LogP contribution in [0, 0.1) is 0 Å². The van der Waals surface area contributed by atoms with E-state index in [1.807, 2.05) is 0 Å². The van der Waals surface area contributed by atoms with Crippen LogP contribution in [-0.4, -0.2) is 35.9 Å². The minimum Gasteiger partial charge on any atom is -0.508 e. The first-order valence-corrected chi connectivity index (χ1v) is 5.94. The summed E-state index contributed by atoms with van der Waals surface area (Å²) in [6.07, 6.45) is 0.338. The maximum absolute atomic E-state index is 11.8. The van der Waals surface area contributed by atoms with Gasteiger partial charge in [0.25, 0.3) is 0 Å². The molecule has 1 saturated heterocycles. The highest BCUT2D eigenvalue weighted by molar-refractivity contribution is 7.81. The highest BCUT2D eigenvalue weighted by atomic mass is 32.1. The van der Waals surface area contributed by atoms with Crippen LogP contribution in [0.3, 0.4) is 0 Å². The van der Waals surface area contributed by atoms with Gasteiger partial charge in [-0.3, -0.25) is 4.79 Å². The van der Waals surface area contributed by atoms with Gasteiger partial charge in [0, 0.05) is 18.2 Å². The largest absolute Gasteiger partial charge is 0.508 e. The Morgan fingerprint density at radius 3 is 2.83 bits per heavy atom. The van der Waals surface area contributed by atoms with E-state index in [9.17, 15) is 14.7 Å². The van der Waals surface area contributed by atoms with Gasteiger partial charge in [0.05, 0.1) is 18.4 Å². The van der Waals surface area contributed by atoms with E-state index in [-0.39, 0.29) is 22.5 Å². The van der Waals surface area contributed by atoms with Crippen molar-refractivity contribution in [1.82, 2.24) is 0 Å². The second kappa shape index (κ2) is 4.89. The lowest BCUT2D eigenvalue weighted by molar-refractivity contribution is -0.117. The number of carbonyl (C=O) groups is 2. The van der Waals surface area contributed by atoms with Gasteiger partial charge in [-0.2, -0.15) is 12.6 Å². The maximum Gasteiger partial charge on any atom is 0.340 e. The van der Waals surface area contributed by atoms with Crippen LogP contribution in [0.4, 0.5) is 5.69 Å². The topological polar surface area (TPSA) is 66.8 Å². The summed E-state index contributed by atoms with van der Waals surface area (Å²) in [6, 6.07) is 4.26. The number of carbonyl (C=O) groups excluding carboxylic acids is 2. The third-order valence-corrected chi connectivity index (χ3v) is 3.13. The number of methoxy groups -OCH3 is 1. The molecule has 1 amide bonds. The number of esters is 1. The maximum atomic E-state index is 11.8. The zero-order chi connectivity index (χ0) is 13.3. The van der Waals surface area contributed by atoms with Crippen molar-refractivity contribution in [2.24, 2.45) is 0 Å². The Bertz CT molecular complexity index is 503. The van der Waals surface area contributed by atoms with Crippen molar-refractivity contribution in [1.29, 1.82) is 0 Å². The van der Waals surface area contributed by atoms with Crippen LogP contribution in [0.15, 0.2) is 18.2 Å². The van der Waals surface area contributed by atoms with Gasteiger partial charge in [0.1, 0.15) is 5.75 Å². The van der Waals surface area contributed by atoms with Crippen molar-refractivity contribution >= 4 is 30.2 Å². The molecule has 1 aromatic carbocycles. The predicted octanol–water partition coefficient (Wildman–Crippen LogP) is 1.21. The molecule has 18 heavy (non-hydrogen) atoms. The molecule has 2 rings (SSSR count). The van der Waals surface area contributed by atoms with E-state index < -0.39 is 5.97 Å². The minimum absolute atomic E-state index is 0.0446. The normalized spacial score (nSPS) is 19.1. The molecule has 1 unspecified atom stereocenters. The van der Waals surface area contributed by atoms with E-state index in [1.54, 1.807) is 0 Å². The molecule has 1 aromatic rings. The third kappa shape index (κ3) is 2.28. The van der Waals surface area contributed by atoms with E-state index in [0.29, 0.717) is 18.7 Å². The lowest BCUT2D eigenvalue weighted by Crippen LogP contribution is -2.26. The summed E-state index contributed by atoms with van der Waals surface area (Å²) < 4.78 is 4.65. The minimum atomic E-state index is -0.587. The molecule has 0 bridgehead atoms. The standard InChI is InChI=1S/C12H13NO4S/c1-17-12(16)9-4-7(14)2-3-10(9)13-6-8(18)5-11(13)15/h2-4,8,14,18H,5-6H2,1H3. The number of nitrogens with zero attached hydrogens (tertiary/aromatic N) is 1. The Labute approximate surface area is 110 Å². The second-order valence-electron chi connectivity index (χ2n) is 4.06. The van der Waals surface area contributed by atoms with Crippen molar-refractivity contribution in [2.75, 3.05) is 18.6 Å². The number of thiol groups is 1. The SMILES string of the molecule is COC(=O)c1cc(O)ccc1N1CC(S)CC1=O. The highest BCUT2D eigenvalue weighted by Crippen LogP contribution is 2.30. The molecule has 5 nitrogen and oxygen atoms in total. The van der Waals surface area contributed by atoms with Gasteiger partial charge in [-0.15, -0.1) is 0 Å². The van der Waals surface area contributed by atoms with Crippen molar-refractivity contribution < 1.29 is 19.4 Å². The highest BCUT2D eigenvalue weighted by Gasteiger charge is 2.31. The van der Waals surface area contributed by atoms with Gasteiger partial charge < -0.3 is 14.7 Å². The molecule has 0 radical (unpaired) electrons. The fourth-order valence-corrected chi connectivity index (χ4v) is 2.27. The van der Waals surface area contributed by atoms with Crippen LogP contribution in [0.5, 0.6) is 5.75 Å². The number of ether oxygens (including phenoxy) is 1. The molecule has 0 saturated carbocycles. The van der Waals surface area contributed by atoms with Crippen LogP contribution in [0.1, 0.15) is 16.8 Å². The van der Waals surface area contributed by atoms with E-state index in [0.717, 1.165) is 0 Å². The Morgan fingerprint density at radius 1 is 1.56 bits per heavy atom. The number of hydrogen-bond acceptors (Lipinski definition) is 5. The number of rotatable bonds is 2. The lowest BCUT2D eigenvalue weighted by atomic mass is 10.1. The smallest absolute Gasteiger partial charge is 0.340 e. The molecule has 0 aliphatic carbocycles. The summed E-state index contributed by atoms with van der Waals surface area (Å²) in [4.78, 5) is 24.9. The van der Waals surface area contributed by atoms with Crippen LogP contribution in [-0.2, 0) is 9.53 Å². The van der Waals surface area contributed by atoms with Gasteiger partial charge in [-0.25, -0.2) is 4.79 Å². The molecular weight excluding hydrogens is 254 g/mol. The zero-order valence-electron chi connectivity index (χ0n) is 9.79. The number of anilines is 1. The molecule has 1 atom stereocenters. The van der Waals surface area contributed by atoms with Crippen LogP contribution < -0.4 is 4.90 Å². The number of benzene rings is 1. The summed E-state index contributed by atoms with van der Waals surface area (Å²) in [5, 5.41) is 9.37. The van der Waals surface area contributed by atoms with E-state index in [1.165, 1.54) is 30.2 Å². The van der Waals surface area contributed by atoms with Crippen molar-refractivity contribution in [2.45, 2.75) is 11.7 Å². The second-order valence-corrected chi connectivity index (χ2v) is 4.79. The zero-order valence-corrected chi connectivity index (χ0v) is 10.7. The first-order valence-electron chi connectivity index (χ1n) is 5.42. The van der Waals surface area contributed by atoms with Gasteiger partial charge >= 0.3 is 5.97 Å². The number of aromatic hydroxyl groups is 1. The monoisotopic (exact) mass is 267 g/mol. The molecule has 0 spiro atoms.